The van der Waals surface area contributed by atoms with Gasteiger partial charge in [-0.2, -0.15) is 0 Å². The number of hydrogen-bond acceptors (Lipinski definition) is 2. The molecule has 2 heteroatoms. The largest absolute Gasteiger partial charge is 0.314 e. The standard InChI is InChI=1S/C15H32N2/c1-13(2)8-9-14(3)16-11-10-15-7-5-6-12-17(15)4/h13-16H,5-12H2,1-4H3. The monoisotopic (exact) mass is 240 g/mol. The molecule has 2 atom stereocenters. The van der Waals surface area contributed by atoms with Crippen molar-refractivity contribution in [3.05, 3.63) is 0 Å². The number of likely N-dealkylation sites (tertiary alicyclic amines) is 1. The zero-order chi connectivity index (χ0) is 12.7. The highest BCUT2D eigenvalue weighted by atomic mass is 15.1. The predicted molar refractivity (Wildman–Crippen MR) is 76.4 cm³/mol. The molecule has 0 aromatic rings. The van der Waals surface area contributed by atoms with E-state index in [1.165, 1.54) is 51.6 Å². The van der Waals surface area contributed by atoms with Gasteiger partial charge in [0.2, 0.25) is 0 Å². The van der Waals surface area contributed by atoms with Crippen molar-refractivity contribution in [2.24, 2.45) is 5.92 Å². The SMILES string of the molecule is CC(C)CCC(C)NCCC1CCCCN1C. The molecule has 0 radical (unpaired) electrons. The van der Waals surface area contributed by atoms with Crippen LogP contribution in [0.1, 0.15) is 59.3 Å². The van der Waals surface area contributed by atoms with E-state index in [1.54, 1.807) is 0 Å². The van der Waals surface area contributed by atoms with Crippen molar-refractivity contribution in [2.75, 3.05) is 20.1 Å². The number of hydrogen-bond donors (Lipinski definition) is 1. The lowest BCUT2D eigenvalue weighted by Crippen LogP contribution is -2.39. The van der Waals surface area contributed by atoms with E-state index in [4.69, 9.17) is 0 Å². The summed E-state index contributed by atoms with van der Waals surface area (Å²) in [5.41, 5.74) is 0. The molecule has 1 fully saturated rings. The maximum Gasteiger partial charge on any atom is 0.0104 e. The van der Waals surface area contributed by atoms with Gasteiger partial charge >= 0.3 is 0 Å². The molecule has 1 aliphatic rings. The minimum atomic E-state index is 0.686. The van der Waals surface area contributed by atoms with E-state index in [-0.39, 0.29) is 0 Å². The van der Waals surface area contributed by atoms with Gasteiger partial charge in [0.15, 0.2) is 0 Å². The number of rotatable bonds is 7. The van der Waals surface area contributed by atoms with Crippen LogP contribution in [0.5, 0.6) is 0 Å². The highest BCUT2D eigenvalue weighted by Gasteiger charge is 2.18. The lowest BCUT2D eigenvalue weighted by Gasteiger charge is -2.32. The third-order valence-corrected chi connectivity index (χ3v) is 4.07. The van der Waals surface area contributed by atoms with E-state index in [2.05, 4.69) is 38.0 Å². The summed E-state index contributed by atoms with van der Waals surface area (Å²) in [6, 6.07) is 1.51. The van der Waals surface area contributed by atoms with Crippen molar-refractivity contribution in [2.45, 2.75) is 71.4 Å². The van der Waals surface area contributed by atoms with Crippen LogP contribution in [0.15, 0.2) is 0 Å². The van der Waals surface area contributed by atoms with Crippen LogP contribution in [0.25, 0.3) is 0 Å². The van der Waals surface area contributed by atoms with E-state index >= 15 is 0 Å². The number of nitrogens with one attached hydrogen (secondary N) is 1. The Morgan fingerprint density at radius 2 is 1.94 bits per heavy atom. The molecule has 0 spiro atoms. The summed E-state index contributed by atoms with van der Waals surface area (Å²) in [6.45, 7) is 9.43. The van der Waals surface area contributed by atoms with Gasteiger partial charge in [-0.3, -0.25) is 0 Å². The molecule has 0 aromatic carbocycles. The summed E-state index contributed by atoms with van der Waals surface area (Å²) in [5.74, 6) is 0.837. The molecule has 0 aromatic heterocycles. The molecule has 1 rings (SSSR count). The second-order valence-electron chi connectivity index (χ2n) is 6.25. The van der Waals surface area contributed by atoms with E-state index in [0.29, 0.717) is 6.04 Å². The molecule has 0 amide bonds. The zero-order valence-electron chi connectivity index (χ0n) is 12.3. The average Bonchev–Trinajstić information content (AvgIpc) is 2.29. The van der Waals surface area contributed by atoms with Gasteiger partial charge in [0.05, 0.1) is 0 Å². The Morgan fingerprint density at radius 1 is 1.18 bits per heavy atom. The Morgan fingerprint density at radius 3 is 2.59 bits per heavy atom. The molecule has 1 heterocycles. The second-order valence-corrected chi connectivity index (χ2v) is 6.25. The second kappa shape index (κ2) is 8.10. The fourth-order valence-electron chi connectivity index (χ4n) is 2.69. The van der Waals surface area contributed by atoms with Crippen molar-refractivity contribution < 1.29 is 0 Å². The van der Waals surface area contributed by atoms with E-state index in [0.717, 1.165) is 12.0 Å². The van der Waals surface area contributed by atoms with Gasteiger partial charge in [0, 0.05) is 12.1 Å². The summed E-state index contributed by atoms with van der Waals surface area (Å²) < 4.78 is 0. The molecule has 0 bridgehead atoms. The Hall–Kier alpha value is -0.0800. The fraction of sp³-hybridized carbons (Fsp3) is 1.00. The lowest BCUT2D eigenvalue weighted by molar-refractivity contribution is 0.174. The number of nitrogens with zero attached hydrogens (tertiary/aromatic N) is 1. The van der Waals surface area contributed by atoms with Gasteiger partial charge in [-0.25, -0.2) is 0 Å². The molecule has 1 N–H and O–H groups in total. The van der Waals surface area contributed by atoms with Crippen LogP contribution in [-0.4, -0.2) is 37.1 Å². The topological polar surface area (TPSA) is 15.3 Å². The first-order chi connectivity index (χ1) is 8.09. The first-order valence-corrected chi connectivity index (χ1v) is 7.53. The third-order valence-electron chi connectivity index (χ3n) is 4.07. The van der Waals surface area contributed by atoms with Crippen LogP contribution in [0.2, 0.25) is 0 Å². The average molecular weight is 240 g/mol. The van der Waals surface area contributed by atoms with E-state index in [9.17, 15) is 0 Å². The molecule has 0 saturated carbocycles. The highest BCUT2D eigenvalue weighted by Crippen LogP contribution is 2.17. The molecule has 17 heavy (non-hydrogen) atoms. The molecule has 1 aliphatic heterocycles. The van der Waals surface area contributed by atoms with Crippen molar-refractivity contribution >= 4 is 0 Å². The van der Waals surface area contributed by atoms with Crippen LogP contribution in [-0.2, 0) is 0 Å². The summed E-state index contributed by atoms with van der Waals surface area (Å²) in [4.78, 5) is 2.55. The van der Waals surface area contributed by atoms with Crippen LogP contribution >= 0.6 is 0 Å². The molecule has 1 saturated heterocycles. The normalized spacial score (nSPS) is 24.2. The maximum atomic E-state index is 3.68. The van der Waals surface area contributed by atoms with Crippen molar-refractivity contribution in [1.29, 1.82) is 0 Å². The van der Waals surface area contributed by atoms with Gasteiger partial charge in [0.25, 0.3) is 0 Å². The Kier molecular flexibility index (Phi) is 7.14. The Balaban J connectivity index is 2.05. The summed E-state index contributed by atoms with van der Waals surface area (Å²) >= 11 is 0. The third kappa shape index (κ3) is 6.42. The summed E-state index contributed by atoms with van der Waals surface area (Å²) in [7, 11) is 2.28. The smallest absolute Gasteiger partial charge is 0.0104 e. The van der Waals surface area contributed by atoms with Crippen LogP contribution in [0.3, 0.4) is 0 Å². The van der Waals surface area contributed by atoms with Gasteiger partial charge in [-0.1, -0.05) is 20.3 Å². The van der Waals surface area contributed by atoms with Crippen molar-refractivity contribution in [1.82, 2.24) is 10.2 Å². The van der Waals surface area contributed by atoms with Gasteiger partial charge in [-0.15, -0.1) is 0 Å². The molecule has 0 aliphatic carbocycles. The van der Waals surface area contributed by atoms with Gasteiger partial charge < -0.3 is 10.2 Å². The van der Waals surface area contributed by atoms with E-state index < -0.39 is 0 Å². The van der Waals surface area contributed by atoms with Crippen LogP contribution in [0, 0.1) is 5.92 Å². The first kappa shape index (κ1) is 15.0. The summed E-state index contributed by atoms with van der Waals surface area (Å²) in [5, 5.41) is 3.68. The Labute approximate surface area is 108 Å². The first-order valence-electron chi connectivity index (χ1n) is 7.53. The zero-order valence-corrected chi connectivity index (χ0v) is 12.3. The van der Waals surface area contributed by atoms with E-state index in [1.807, 2.05) is 0 Å². The molecule has 102 valence electrons. The minimum absolute atomic E-state index is 0.686. The quantitative estimate of drug-likeness (QED) is 0.735. The highest BCUT2D eigenvalue weighted by molar-refractivity contribution is 4.75. The van der Waals surface area contributed by atoms with Gasteiger partial charge in [0.1, 0.15) is 0 Å². The van der Waals surface area contributed by atoms with Crippen molar-refractivity contribution in [3.63, 3.8) is 0 Å². The van der Waals surface area contributed by atoms with Gasteiger partial charge in [-0.05, 0) is 65.1 Å². The minimum Gasteiger partial charge on any atom is -0.314 e. The maximum absolute atomic E-state index is 3.68. The molecular formula is C15H32N2. The van der Waals surface area contributed by atoms with Crippen LogP contribution in [0.4, 0.5) is 0 Å². The van der Waals surface area contributed by atoms with Crippen molar-refractivity contribution in [3.8, 4) is 0 Å². The molecule has 2 nitrogen and oxygen atoms in total. The lowest BCUT2D eigenvalue weighted by atomic mass is 9.99. The predicted octanol–water partition coefficient (Wildman–Crippen LogP) is 3.28. The van der Waals surface area contributed by atoms with Crippen LogP contribution < -0.4 is 5.32 Å². The fourth-order valence-corrected chi connectivity index (χ4v) is 2.69. The Bertz CT molecular complexity index is 191. The molecule has 2 unspecified atom stereocenters. The molecular weight excluding hydrogens is 208 g/mol. The number of piperidine rings is 1. The summed E-state index contributed by atoms with van der Waals surface area (Å²) in [6.07, 6.45) is 8.21.